The number of hydrogen-bond acceptors (Lipinski definition) is 5. The highest BCUT2D eigenvalue weighted by atomic mass is 19.4. The quantitative estimate of drug-likeness (QED) is 0.849. The number of halogens is 3. The van der Waals surface area contributed by atoms with Crippen LogP contribution in [0.2, 0.25) is 0 Å². The molecule has 0 aromatic carbocycles. The molecule has 1 atom stereocenters. The minimum absolute atomic E-state index is 0.111. The summed E-state index contributed by atoms with van der Waals surface area (Å²) in [6.07, 6.45) is 0.0712. The van der Waals surface area contributed by atoms with Crippen LogP contribution in [0.1, 0.15) is 30.3 Å². The molecule has 0 amide bonds. The number of aromatic nitrogens is 5. The van der Waals surface area contributed by atoms with Gasteiger partial charge >= 0.3 is 6.18 Å². The lowest BCUT2D eigenvalue weighted by Crippen LogP contribution is -2.36. The molecular formula is C13H15F3N6. The average Bonchev–Trinajstić information content (AvgIpc) is 2.93. The summed E-state index contributed by atoms with van der Waals surface area (Å²) in [6, 6.07) is 0.883. The van der Waals surface area contributed by atoms with E-state index in [0.717, 1.165) is 30.9 Å². The largest absolute Gasteiger partial charge is 0.433 e. The Labute approximate surface area is 125 Å². The van der Waals surface area contributed by atoms with E-state index >= 15 is 0 Å². The van der Waals surface area contributed by atoms with Crippen LogP contribution in [-0.4, -0.2) is 37.8 Å². The lowest BCUT2D eigenvalue weighted by Gasteiger charge is -2.32. The lowest BCUT2D eigenvalue weighted by molar-refractivity contribution is -0.141. The van der Waals surface area contributed by atoms with Gasteiger partial charge in [0.15, 0.2) is 0 Å². The SMILES string of the molecule is Cn1cnnc1[C@@H]1CCCN(c2nccc(C(F)(F)F)n2)C1. The van der Waals surface area contributed by atoms with Crippen molar-refractivity contribution in [3.8, 4) is 0 Å². The summed E-state index contributed by atoms with van der Waals surface area (Å²) in [5, 5.41) is 7.95. The first-order valence-electron chi connectivity index (χ1n) is 6.94. The molecule has 1 aliphatic heterocycles. The van der Waals surface area contributed by atoms with E-state index in [2.05, 4.69) is 20.2 Å². The number of rotatable bonds is 2. The molecule has 0 saturated carbocycles. The zero-order valence-electron chi connectivity index (χ0n) is 12.0. The van der Waals surface area contributed by atoms with E-state index in [-0.39, 0.29) is 11.9 Å². The molecule has 0 N–H and O–H groups in total. The van der Waals surface area contributed by atoms with E-state index in [1.54, 1.807) is 11.2 Å². The van der Waals surface area contributed by atoms with Crippen molar-refractivity contribution in [2.24, 2.45) is 7.05 Å². The van der Waals surface area contributed by atoms with Crippen LogP contribution in [0.5, 0.6) is 0 Å². The molecule has 3 rings (SSSR count). The molecule has 0 unspecified atom stereocenters. The molecule has 9 heteroatoms. The van der Waals surface area contributed by atoms with Crippen LogP contribution in [0.15, 0.2) is 18.6 Å². The van der Waals surface area contributed by atoms with Gasteiger partial charge in [-0.1, -0.05) is 0 Å². The summed E-state index contributed by atoms with van der Waals surface area (Å²) >= 11 is 0. The Morgan fingerprint density at radius 1 is 1.32 bits per heavy atom. The number of piperidine rings is 1. The lowest BCUT2D eigenvalue weighted by atomic mass is 9.97. The fourth-order valence-corrected chi connectivity index (χ4v) is 2.69. The molecule has 0 aliphatic carbocycles. The second-order valence-electron chi connectivity index (χ2n) is 5.32. The highest BCUT2D eigenvalue weighted by Crippen LogP contribution is 2.30. The van der Waals surface area contributed by atoms with Crippen LogP contribution in [0.3, 0.4) is 0 Å². The summed E-state index contributed by atoms with van der Waals surface area (Å²) in [4.78, 5) is 9.42. The van der Waals surface area contributed by atoms with Crippen LogP contribution in [0, 0.1) is 0 Å². The zero-order chi connectivity index (χ0) is 15.7. The van der Waals surface area contributed by atoms with Gasteiger partial charge in [-0.3, -0.25) is 0 Å². The Bertz CT molecular complexity index is 653. The van der Waals surface area contributed by atoms with Gasteiger partial charge in [-0.15, -0.1) is 10.2 Å². The first-order chi connectivity index (χ1) is 10.4. The second-order valence-corrected chi connectivity index (χ2v) is 5.32. The average molecular weight is 312 g/mol. The highest BCUT2D eigenvalue weighted by Gasteiger charge is 2.34. The third-order valence-electron chi connectivity index (χ3n) is 3.75. The molecule has 2 aromatic rings. The molecule has 2 aromatic heterocycles. The van der Waals surface area contributed by atoms with Crippen LogP contribution in [0.4, 0.5) is 19.1 Å². The third kappa shape index (κ3) is 2.88. The highest BCUT2D eigenvalue weighted by molar-refractivity contribution is 5.32. The minimum Gasteiger partial charge on any atom is -0.340 e. The number of alkyl halides is 3. The number of nitrogens with zero attached hydrogens (tertiary/aromatic N) is 6. The molecule has 1 saturated heterocycles. The minimum atomic E-state index is -4.46. The van der Waals surface area contributed by atoms with E-state index in [4.69, 9.17) is 0 Å². The topological polar surface area (TPSA) is 59.7 Å². The van der Waals surface area contributed by atoms with Gasteiger partial charge in [-0.05, 0) is 18.9 Å². The molecule has 0 spiro atoms. The van der Waals surface area contributed by atoms with Crippen molar-refractivity contribution < 1.29 is 13.2 Å². The van der Waals surface area contributed by atoms with Gasteiger partial charge in [0.1, 0.15) is 17.8 Å². The molecular weight excluding hydrogens is 297 g/mol. The Morgan fingerprint density at radius 3 is 2.82 bits per heavy atom. The molecule has 0 radical (unpaired) electrons. The van der Waals surface area contributed by atoms with Gasteiger partial charge in [0.05, 0.1) is 0 Å². The first-order valence-corrected chi connectivity index (χ1v) is 6.94. The predicted molar refractivity (Wildman–Crippen MR) is 72.2 cm³/mol. The van der Waals surface area contributed by atoms with Crippen molar-refractivity contribution in [3.05, 3.63) is 30.1 Å². The summed E-state index contributed by atoms with van der Waals surface area (Å²) < 4.78 is 40.1. The maximum absolute atomic E-state index is 12.8. The summed E-state index contributed by atoms with van der Waals surface area (Å²) in [5.74, 6) is 1.05. The monoisotopic (exact) mass is 312 g/mol. The Balaban J connectivity index is 1.82. The summed E-state index contributed by atoms with van der Waals surface area (Å²) in [6.45, 7) is 1.17. The normalized spacial score (nSPS) is 19.5. The molecule has 1 aliphatic rings. The third-order valence-corrected chi connectivity index (χ3v) is 3.75. The predicted octanol–water partition coefficient (Wildman–Crippen LogP) is 2.01. The van der Waals surface area contributed by atoms with Gasteiger partial charge in [0.25, 0.3) is 0 Å². The van der Waals surface area contributed by atoms with Crippen molar-refractivity contribution in [3.63, 3.8) is 0 Å². The molecule has 118 valence electrons. The maximum atomic E-state index is 12.8. The molecule has 3 heterocycles. The van der Waals surface area contributed by atoms with Crippen LogP contribution in [0.25, 0.3) is 0 Å². The first kappa shape index (κ1) is 14.7. The fourth-order valence-electron chi connectivity index (χ4n) is 2.69. The van der Waals surface area contributed by atoms with E-state index in [1.165, 1.54) is 0 Å². The zero-order valence-corrected chi connectivity index (χ0v) is 12.0. The second kappa shape index (κ2) is 5.54. The molecule has 6 nitrogen and oxygen atoms in total. The summed E-state index contributed by atoms with van der Waals surface area (Å²) in [7, 11) is 1.86. The van der Waals surface area contributed by atoms with Crippen molar-refractivity contribution in [2.45, 2.75) is 24.9 Å². The Morgan fingerprint density at radius 2 is 2.14 bits per heavy atom. The molecule has 22 heavy (non-hydrogen) atoms. The standard InChI is InChI=1S/C13H15F3N6/c1-21-8-18-20-11(21)9-3-2-6-22(7-9)12-17-5-4-10(19-12)13(14,15)16/h4-5,8-9H,2-3,6-7H2,1H3/t9-/m1/s1. The van der Waals surface area contributed by atoms with Crippen molar-refractivity contribution in [1.82, 2.24) is 24.7 Å². The van der Waals surface area contributed by atoms with Gasteiger partial charge in [-0.25, -0.2) is 9.97 Å². The van der Waals surface area contributed by atoms with Crippen LogP contribution in [-0.2, 0) is 13.2 Å². The van der Waals surface area contributed by atoms with E-state index in [0.29, 0.717) is 13.1 Å². The van der Waals surface area contributed by atoms with Gasteiger partial charge < -0.3 is 9.47 Å². The number of aryl methyl sites for hydroxylation is 1. The van der Waals surface area contributed by atoms with Crippen LogP contribution < -0.4 is 4.90 Å². The van der Waals surface area contributed by atoms with Crippen molar-refractivity contribution >= 4 is 5.95 Å². The van der Waals surface area contributed by atoms with Gasteiger partial charge in [-0.2, -0.15) is 13.2 Å². The fraction of sp³-hybridized carbons (Fsp3) is 0.538. The Kier molecular flexibility index (Phi) is 3.71. The summed E-state index contributed by atoms with van der Waals surface area (Å²) in [5.41, 5.74) is -0.918. The molecule has 1 fully saturated rings. The van der Waals surface area contributed by atoms with Crippen molar-refractivity contribution in [1.29, 1.82) is 0 Å². The van der Waals surface area contributed by atoms with Crippen LogP contribution >= 0.6 is 0 Å². The maximum Gasteiger partial charge on any atom is 0.433 e. The number of anilines is 1. The van der Waals surface area contributed by atoms with E-state index in [1.807, 2.05) is 11.6 Å². The van der Waals surface area contributed by atoms with Crippen molar-refractivity contribution in [2.75, 3.05) is 18.0 Å². The Hall–Kier alpha value is -2.19. The van der Waals surface area contributed by atoms with Gasteiger partial charge in [0.2, 0.25) is 5.95 Å². The van der Waals surface area contributed by atoms with Gasteiger partial charge in [0, 0.05) is 32.3 Å². The smallest absolute Gasteiger partial charge is 0.340 e. The number of hydrogen-bond donors (Lipinski definition) is 0. The molecule has 0 bridgehead atoms. The van der Waals surface area contributed by atoms with E-state index < -0.39 is 11.9 Å². The van der Waals surface area contributed by atoms with E-state index in [9.17, 15) is 13.2 Å².